The number of hydrogen-bond acceptors (Lipinski definition) is 5. The van der Waals surface area contributed by atoms with E-state index in [1.54, 1.807) is 37.3 Å². The minimum Gasteiger partial charge on any atom is -0.456 e. The van der Waals surface area contributed by atoms with Crippen LogP contribution in [-0.4, -0.2) is 30.3 Å². The van der Waals surface area contributed by atoms with E-state index in [9.17, 15) is 19.2 Å². The van der Waals surface area contributed by atoms with Gasteiger partial charge in [0.15, 0.2) is 6.61 Å². The van der Waals surface area contributed by atoms with Gasteiger partial charge >= 0.3 is 5.97 Å². The molecule has 10 heteroatoms. The molecule has 0 spiro atoms. The van der Waals surface area contributed by atoms with Crippen LogP contribution in [0.5, 0.6) is 0 Å². The SMILES string of the molecule is Cc1ccc(Cl)cc1NC(=O)COC(=O)CCC(=O)NNC(=O)c1ccccc1Cl. The molecule has 3 amide bonds. The number of rotatable bonds is 7. The molecule has 2 aromatic rings. The van der Waals surface area contributed by atoms with Crippen molar-refractivity contribution in [2.75, 3.05) is 11.9 Å². The number of aryl methyl sites for hydroxylation is 1. The van der Waals surface area contributed by atoms with Gasteiger partial charge in [-0.05, 0) is 36.8 Å². The Morgan fingerprint density at radius 2 is 1.67 bits per heavy atom. The van der Waals surface area contributed by atoms with Gasteiger partial charge in [-0.25, -0.2) is 0 Å². The van der Waals surface area contributed by atoms with E-state index in [1.165, 1.54) is 12.1 Å². The van der Waals surface area contributed by atoms with Gasteiger partial charge in [-0.2, -0.15) is 0 Å². The van der Waals surface area contributed by atoms with Crippen molar-refractivity contribution in [1.82, 2.24) is 10.9 Å². The first-order valence-corrected chi connectivity index (χ1v) is 9.57. The Hall–Kier alpha value is -3.10. The summed E-state index contributed by atoms with van der Waals surface area (Å²) in [5.41, 5.74) is 5.88. The van der Waals surface area contributed by atoms with Crippen LogP contribution in [0.2, 0.25) is 10.0 Å². The Morgan fingerprint density at radius 1 is 0.933 bits per heavy atom. The van der Waals surface area contributed by atoms with E-state index >= 15 is 0 Å². The lowest BCUT2D eigenvalue weighted by atomic mass is 10.2. The maximum Gasteiger partial charge on any atom is 0.306 e. The Balaban J connectivity index is 1.68. The molecule has 0 saturated carbocycles. The molecular weight excluding hydrogens is 433 g/mol. The molecule has 0 atom stereocenters. The quantitative estimate of drug-likeness (QED) is 0.442. The molecule has 0 bridgehead atoms. The Bertz CT molecular complexity index is 965. The van der Waals surface area contributed by atoms with Crippen LogP contribution in [0, 0.1) is 6.92 Å². The molecule has 30 heavy (non-hydrogen) atoms. The second kappa shape index (κ2) is 11.2. The molecule has 0 aromatic heterocycles. The van der Waals surface area contributed by atoms with Crippen LogP contribution < -0.4 is 16.2 Å². The third kappa shape index (κ3) is 7.38. The van der Waals surface area contributed by atoms with Crippen molar-refractivity contribution in [2.24, 2.45) is 0 Å². The van der Waals surface area contributed by atoms with Crippen LogP contribution in [0.1, 0.15) is 28.8 Å². The van der Waals surface area contributed by atoms with Crippen LogP contribution in [0.15, 0.2) is 42.5 Å². The molecule has 8 nitrogen and oxygen atoms in total. The summed E-state index contributed by atoms with van der Waals surface area (Å²) in [6.07, 6.45) is -0.506. The Morgan fingerprint density at radius 3 is 2.40 bits per heavy atom. The van der Waals surface area contributed by atoms with E-state index in [2.05, 4.69) is 16.2 Å². The second-order valence-corrected chi connectivity index (χ2v) is 6.99. The van der Waals surface area contributed by atoms with Gasteiger partial charge in [0.1, 0.15) is 0 Å². The topological polar surface area (TPSA) is 114 Å². The van der Waals surface area contributed by atoms with Gasteiger partial charge in [0.25, 0.3) is 11.8 Å². The number of nitrogens with one attached hydrogen (secondary N) is 3. The van der Waals surface area contributed by atoms with Crippen LogP contribution in [0.4, 0.5) is 5.69 Å². The number of halogens is 2. The molecule has 0 aliphatic rings. The largest absolute Gasteiger partial charge is 0.456 e. The first-order valence-electron chi connectivity index (χ1n) is 8.81. The molecule has 0 fully saturated rings. The smallest absolute Gasteiger partial charge is 0.306 e. The summed E-state index contributed by atoms with van der Waals surface area (Å²) in [5, 5.41) is 3.28. The van der Waals surface area contributed by atoms with E-state index in [-0.39, 0.29) is 23.4 Å². The lowest BCUT2D eigenvalue weighted by Crippen LogP contribution is -2.41. The summed E-state index contributed by atoms with van der Waals surface area (Å²) in [4.78, 5) is 47.3. The molecule has 0 saturated heterocycles. The maximum atomic E-state index is 11.9. The minimum absolute atomic E-state index is 0.194. The highest BCUT2D eigenvalue weighted by molar-refractivity contribution is 6.33. The normalized spacial score (nSPS) is 10.1. The molecule has 2 aromatic carbocycles. The first kappa shape index (κ1) is 23.2. The first-order chi connectivity index (χ1) is 14.3. The van der Waals surface area contributed by atoms with E-state index in [0.717, 1.165) is 5.56 Å². The molecule has 2 rings (SSSR count). The number of hydrogen-bond donors (Lipinski definition) is 3. The summed E-state index contributed by atoms with van der Waals surface area (Å²) in [6, 6.07) is 11.3. The fourth-order valence-corrected chi connectivity index (χ4v) is 2.64. The van der Waals surface area contributed by atoms with Crippen LogP contribution in [0.25, 0.3) is 0 Å². The van der Waals surface area contributed by atoms with Crippen molar-refractivity contribution in [3.63, 3.8) is 0 Å². The maximum absolute atomic E-state index is 11.9. The highest BCUT2D eigenvalue weighted by atomic mass is 35.5. The van der Waals surface area contributed by atoms with Crippen LogP contribution in [0.3, 0.4) is 0 Å². The standard InChI is InChI=1S/C20H19Cl2N3O5/c1-12-6-7-13(21)10-16(12)23-18(27)11-30-19(28)9-8-17(26)24-25-20(29)14-4-2-3-5-15(14)22/h2-7,10H,8-9,11H2,1H3,(H,23,27)(H,24,26)(H,25,29). The van der Waals surface area contributed by atoms with Crippen molar-refractivity contribution >= 4 is 52.6 Å². The van der Waals surface area contributed by atoms with Crippen LogP contribution >= 0.6 is 23.2 Å². The molecule has 0 radical (unpaired) electrons. The molecular formula is C20H19Cl2N3O5. The van der Waals surface area contributed by atoms with Crippen molar-refractivity contribution in [1.29, 1.82) is 0 Å². The highest BCUT2D eigenvalue weighted by Gasteiger charge is 2.13. The molecule has 0 aliphatic heterocycles. The van der Waals surface area contributed by atoms with Crippen molar-refractivity contribution in [2.45, 2.75) is 19.8 Å². The molecule has 0 heterocycles. The van der Waals surface area contributed by atoms with Gasteiger partial charge < -0.3 is 10.1 Å². The van der Waals surface area contributed by atoms with Crippen molar-refractivity contribution < 1.29 is 23.9 Å². The summed E-state index contributed by atoms with van der Waals surface area (Å²) in [7, 11) is 0. The monoisotopic (exact) mass is 451 g/mol. The summed E-state index contributed by atoms with van der Waals surface area (Å²) in [5.74, 6) is -2.47. The lowest BCUT2D eigenvalue weighted by Gasteiger charge is -2.10. The number of carbonyl (C=O) groups excluding carboxylic acids is 4. The number of amides is 3. The van der Waals surface area contributed by atoms with Gasteiger partial charge in [0.05, 0.1) is 17.0 Å². The van der Waals surface area contributed by atoms with Crippen molar-refractivity contribution in [3.05, 3.63) is 63.6 Å². The predicted octanol–water partition coefficient (Wildman–Crippen LogP) is 3.02. The number of esters is 1. The Kier molecular flexibility index (Phi) is 8.64. The predicted molar refractivity (Wildman–Crippen MR) is 112 cm³/mol. The van der Waals surface area contributed by atoms with Gasteiger partial charge in [-0.15, -0.1) is 0 Å². The Labute approximate surface area is 182 Å². The fourth-order valence-electron chi connectivity index (χ4n) is 2.25. The average molecular weight is 452 g/mol. The highest BCUT2D eigenvalue weighted by Crippen LogP contribution is 2.20. The molecule has 3 N–H and O–H groups in total. The van der Waals surface area contributed by atoms with Gasteiger partial charge in [-0.3, -0.25) is 30.0 Å². The fraction of sp³-hybridized carbons (Fsp3) is 0.200. The third-order valence-electron chi connectivity index (χ3n) is 3.83. The summed E-state index contributed by atoms with van der Waals surface area (Å²) in [6.45, 7) is 1.29. The molecule has 0 aliphatic carbocycles. The zero-order valence-electron chi connectivity index (χ0n) is 16.0. The van der Waals surface area contributed by atoms with E-state index in [0.29, 0.717) is 10.7 Å². The lowest BCUT2D eigenvalue weighted by molar-refractivity contribution is -0.148. The number of anilines is 1. The number of benzene rings is 2. The summed E-state index contributed by atoms with van der Waals surface area (Å²) < 4.78 is 4.84. The van der Waals surface area contributed by atoms with Gasteiger partial charge in [0, 0.05) is 17.1 Å². The molecule has 0 unspecified atom stereocenters. The van der Waals surface area contributed by atoms with E-state index < -0.39 is 30.3 Å². The average Bonchev–Trinajstić information content (AvgIpc) is 2.72. The second-order valence-electron chi connectivity index (χ2n) is 6.15. The molecule has 158 valence electrons. The number of hydrazine groups is 1. The van der Waals surface area contributed by atoms with E-state index in [4.69, 9.17) is 27.9 Å². The zero-order valence-corrected chi connectivity index (χ0v) is 17.5. The summed E-state index contributed by atoms with van der Waals surface area (Å²) >= 11 is 11.8. The zero-order chi connectivity index (χ0) is 22.1. The van der Waals surface area contributed by atoms with E-state index in [1.807, 2.05) is 0 Å². The van der Waals surface area contributed by atoms with Gasteiger partial charge in [0.2, 0.25) is 5.91 Å². The van der Waals surface area contributed by atoms with Crippen LogP contribution in [-0.2, 0) is 19.1 Å². The third-order valence-corrected chi connectivity index (χ3v) is 4.39. The minimum atomic E-state index is -0.736. The van der Waals surface area contributed by atoms with Crippen molar-refractivity contribution in [3.8, 4) is 0 Å². The number of ether oxygens (including phenoxy) is 1. The van der Waals surface area contributed by atoms with Gasteiger partial charge in [-0.1, -0.05) is 41.4 Å². The number of carbonyl (C=O) groups is 4.